The topological polar surface area (TPSA) is 71.1 Å². The quantitative estimate of drug-likeness (QED) is 0.242. The number of aryl methyl sites for hydroxylation is 1. The monoisotopic (exact) mass is 477 g/mol. The van der Waals surface area contributed by atoms with Crippen molar-refractivity contribution in [3.05, 3.63) is 112 Å². The van der Waals surface area contributed by atoms with Crippen molar-refractivity contribution in [3.8, 4) is 0 Å². The van der Waals surface area contributed by atoms with Crippen molar-refractivity contribution in [2.75, 3.05) is 6.54 Å². The van der Waals surface area contributed by atoms with Crippen molar-refractivity contribution in [2.24, 2.45) is 5.92 Å². The summed E-state index contributed by atoms with van der Waals surface area (Å²) in [6, 6.07) is 26.8. The van der Waals surface area contributed by atoms with Gasteiger partial charge in [-0.15, -0.1) is 0 Å². The Hall–Kier alpha value is -3.83. The number of carbonyl (C=O) groups excluding carboxylic acids is 2. The summed E-state index contributed by atoms with van der Waals surface area (Å²) in [6.07, 6.45) is 2.59. The lowest BCUT2D eigenvalue weighted by Crippen LogP contribution is -2.29. The van der Waals surface area contributed by atoms with Crippen LogP contribution in [0.1, 0.15) is 69.4 Å². The number of aromatic nitrogens is 1. The maximum absolute atomic E-state index is 12.0. The Morgan fingerprint density at radius 1 is 0.833 bits per heavy atom. The van der Waals surface area contributed by atoms with Crippen LogP contribution in [0.4, 0.5) is 0 Å². The molecule has 1 unspecified atom stereocenters. The van der Waals surface area contributed by atoms with Crippen molar-refractivity contribution in [1.29, 1.82) is 0 Å². The van der Waals surface area contributed by atoms with Gasteiger partial charge in [-0.05, 0) is 72.7 Å². The van der Waals surface area contributed by atoms with Crippen molar-refractivity contribution < 1.29 is 9.59 Å². The minimum absolute atomic E-state index is 0.122. The molecular formula is C31H31N3O2. The Balaban J connectivity index is 1.33. The van der Waals surface area contributed by atoms with Gasteiger partial charge >= 0.3 is 0 Å². The first-order valence-electron chi connectivity index (χ1n) is 12.6. The molecule has 1 aromatic heterocycles. The van der Waals surface area contributed by atoms with Crippen molar-refractivity contribution in [1.82, 2.24) is 15.6 Å². The van der Waals surface area contributed by atoms with Gasteiger partial charge < -0.3 is 5.32 Å². The fourth-order valence-electron chi connectivity index (χ4n) is 4.97. The largest absolute Gasteiger partial charge is 0.308 e. The second-order valence-electron chi connectivity index (χ2n) is 9.83. The third-order valence-corrected chi connectivity index (χ3v) is 6.84. The molecule has 0 fully saturated rings. The third kappa shape index (κ3) is 5.07. The van der Waals surface area contributed by atoms with Gasteiger partial charge in [0.1, 0.15) is 0 Å². The highest BCUT2D eigenvalue weighted by Gasteiger charge is 2.26. The molecule has 0 spiro atoms. The van der Waals surface area contributed by atoms with E-state index in [1.54, 1.807) is 6.07 Å². The fourth-order valence-corrected chi connectivity index (χ4v) is 4.97. The predicted molar refractivity (Wildman–Crippen MR) is 143 cm³/mol. The minimum Gasteiger partial charge on any atom is -0.308 e. The highest BCUT2D eigenvalue weighted by Crippen LogP contribution is 2.28. The zero-order valence-corrected chi connectivity index (χ0v) is 20.8. The van der Waals surface area contributed by atoms with Gasteiger partial charge in [0, 0.05) is 5.39 Å². The van der Waals surface area contributed by atoms with Gasteiger partial charge in [0.15, 0.2) is 0 Å². The summed E-state index contributed by atoms with van der Waals surface area (Å²) in [5.74, 6) is -0.247. The SMILES string of the molecule is CC(C)C(NCCCc1ccc2c(c1)C(=O)NC2=O)c1nc2ccccc2cc1Cc1ccccc1. The number of carbonyl (C=O) groups is 2. The molecule has 5 rings (SSSR count). The molecule has 1 aliphatic rings. The van der Waals surface area contributed by atoms with Crippen molar-refractivity contribution in [3.63, 3.8) is 0 Å². The van der Waals surface area contributed by atoms with E-state index in [4.69, 9.17) is 4.98 Å². The van der Waals surface area contributed by atoms with Crippen LogP contribution in [-0.4, -0.2) is 23.3 Å². The van der Waals surface area contributed by atoms with Crippen LogP contribution in [0, 0.1) is 5.92 Å². The van der Waals surface area contributed by atoms with Crippen LogP contribution in [0.25, 0.3) is 10.9 Å². The Morgan fingerprint density at radius 2 is 1.58 bits per heavy atom. The van der Waals surface area contributed by atoms with Gasteiger partial charge in [-0.1, -0.05) is 68.4 Å². The lowest BCUT2D eigenvalue weighted by molar-refractivity contribution is 0.0879. The molecule has 5 heteroatoms. The lowest BCUT2D eigenvalue weighted by Gasteiger charge is -2.25. The average molecular weight is 478 g/mol. The number of hydrogen-bond donors (Lipinski definition) is 2. The van der Waals surface area contributed by atoms with Gasteiger partial charge in [0.2, 0.25) is 0 Å². The number of amides is 2. The van der Waals surface area contributed by atoms with Crippen LogP contribution < -0.4 is 10.6 Å². The standard InChI is InChI=1S/C31H31N3O2/c1-20(2)28(32-16-8-11-22-14-15-25-26(18-22)31(36)34-30(25)35)29-24(17-21-9-4-3-5-10-21)19-23-12-6-7-13-27(23)33-29/h3-7,9-10,12-15,18-20,28,32H,8,11,16-17H2,1-2H3,(H,34,35,36). The molecule has 0 saturated heterocycles. The molecule has 0 aliphatic carbocycles. The highest BCUT2D eigenvalue weighted by atomic mass is 16.2. The molecule has 5 nitrogen and oxygen atoms in total. The van der Waals surface area contributed by atoms with Gasteiger partial charge in [-0.25, -0.2) is 0 Å². The average Bonchev–Trinajstić information content (AvgIpc) is 3.17. The summed E-state index contributed by atoms with van der Waals surface area (Å²) >= 11 is 0. The van der Waals surface area contributed by atoms with E-state index in [0.717, 1.165) is 48.0 Å². The Morgan fingerprint density at radius 3 is 2.39 bits per heavy atom. The Labute approximate surface area is 212 Å². The summed E-state index contributed by atoms with van der Waals surface area (Å²) in [5.41, 5.74) is 6.67. The normalized spacial score (nSPS) is 13.8. The molecule has 0 bridgehead atoms. The van der Waals surface area contributed by atoms with Crippen LogP contribution in [0.15, 0.2) is 78.9 Å². The Kier molecular flexibility index (Phi) is 6.92. The van der Waals surface area contributed by atoms with E-state index in [-0.39, 0.29) is 17.9 Å². The number of rotatable bonds is 9. The van der Waals surface area contributed by atoms with Gasteiger partial charge in [-0.2, -0.15) is 0 Å². The van der Waals surface area contributed by atoms with Crippen LogP contribution >= 0.6 is 0 Å². The number of para-hydroxylation sites is 1. The number of fused-ring (bicyclic) bond motifs is 2. The molecule has 3 aromatic carbocycles. The number of hydrogen-bond acceptors (Lipinski definition) is 4. The summed E-state index contributed by atoms with van der Waals surface area (Å²) in [7, 11) is 0. The third-order valence-electron chi connectivity index (χ3n) is 6.84. The van der Waals surface area contributed by atoms with Crippen LogP contribution in [-0.2, 0) is 12.8 Å². The van der Waals surface area contributed by atoms with Crippen molar-refractivity contribution >= 4 is 22.7 Å². The molecule has 2 heterocycles. The number of nitrogens with zero attached hydrogens (tertiary/aromatic N) is 1. The summed E-state index contributed by atoms with van der Waals surface area (Å²) in [5, 5.41) is 7.29. The summed E-state index contributed by atoms with van der Waals surface area (Å²) in [6.45, 7) is 5.29. The van der Waals surface area contributed by atoms with Gasteiger partial charge in [0.05, 0.1) is 28.4 Å². The van der Waals surface area contributed by atoms with E-state index in [2.05, 4.69) is 73.0 Å². The zero-order chi connectivity index (χ0) is 25.1. The van der Waals surface area contributed by atoms with Crippen molar-refractivity contribution in [2.45, 2.75) is 39.2 Å². The van der Waals surface area contributed by atoms with E-state index in [1.165, 1.54) is 11.1 Å². The smallest absolute Gasteiger partial charge is 0.258 e. The molecule has 1 aliphatic heterocycles. The van der Waals surface area contributed by atoms with E-state index >= 15 is 0 Å². The summed E-state index contributed by atoms with van der Waals surface area (Å²) < 4.78 is 0. The second kappa shape index (κ2) is 10.4. The first kappa shape index (κ1) is 23.9. The van der Waals surface area contributed by atoms with E-state index in [0.29, 0.717) is 17.0 Å². The second-order valence-corrected chi connectivity index (χ2v) is 9.83. The molecule has 182 valence electrons. The van der Waals surface area contributed by atoms with Gasteiger partial charge in [0.25, 0.3) is 11.8 Å². The molecule has 1 atom stereocenters. The van der Waals surface area contributed by atoms with Crippen LogP contribution in [0.5, 0.6) is 0 Å². The molecule has 36 heavy (non-hydrogen) atoms. The molecule has 0 saturated carbocycles. The first-order valence-corrected chi connectivity index (χ1v) is 12.6. The lowest BCUT2D eigenvalue weighted by atomic mass is 9.92. The minimum atomic E-state index is -0.308. The maximum atomic E-state index is 12.0. The Bertz CT molecular complexity index is 1410. The number of pyridine rings is 1. The van der Waals surface area contributed by atoms with Crippen LogP contribution in [0.3, 0.4) is 0 Å². The molecule has 0 radical (unpaired) electrons. The molecule has 2 amide bonds. The number of imide groups is 1. The fraction of sp³-hybridized carbons (Fsp3) is 0.258. The summed E-state index contributed by atoms with van der Waals surface area (Å²) in [4.78, 5) is 28.9. The van der Waals surface area contributed by atoms with E-state index < -0.39 is 0 Å². The first-order chi connectivity index (χ1) is 17.5. The van der Waals surface area contributed by atoms with E-state index in [1.807, 2.05) is 24.3 Å². The van der Waals surface area contributed by atoms with Crippen LogP contribution in [0.2, 0.25) is 0 Å². The number of benzene rings is 3. The highest BCUT2D eigenvalue weighted by molar-refractivity contribution is 6.21. The molecule has 2 N–H and O–H groups in total. The maximum Gasteiger partial charge on any atom is 0.258 e. The molecule has 4 aromatic rings. The zero-order valence-electron chi connectivity index (χ0n) is 20.8. The van der Waals surface area contributed by atoms with E-state index in [9.17, 15) is 9.59 Å². The predicted octanol–water partition coefficient (Wildman–Crippen LogP) is 5.63. The number of nitrogens with one attached hydrogen (secondary N) is 2. The molecular weight excluding hydrogens is 446 g/mol. The van der Waals surface area contributed by atoms with Gasteiger partial charge in [-0.3, -0.25) is 19.9 Å².